The summed E-state index contributed by atoms with van der Waals surface area (Å²) >= 11 is 1.21. The first-order chi connectivity index (χ1) is 7.83. The van der Waals surface area contributed by atoms with Crippen molar-refractivity contribution in [1.82, 2.24) is 4.98 Å². The summed E-state index contributed by atoms with van der Waals surface area (Å²) in [4.78, 5) is 3.74. The number of aromatic nitrogens is 1. The van der Waals surface area contributed by atoms with Crippen LogP contribution in [0, 0.1) is 28.2 Å². The molecule has 1 aromatic heterocycles. The molecule has 0 bridgehead atoms. The SMILES string of the molecule is N#Cc1ccc(Oc2cn[c]s2)c(C#N)c1. The Labute approximate surface area is 96.0 Å². The molecule has 2 rings (SSSR count). The van der Waals surface area contributed by atoms with E-state index in [1.54, 1.807) is 12.1 Å². The van der Waals surface area contributed by atoms with Gasteiger partial charge in [-0.1, -0.05) is 11.3 Å². The topological polar surface area (TPSA) is 69.7 Å². The molecule has 0 aliphatic carbocycles. The lowest BCUT2D eigenvalue weighted by atomic mass is 10.1. The van der Waals surface area contributed by atoms with Crippen LogP contribution in [0.15, 0.2) is 24.4 Å². The maximum absolute atomic E-state index is 8.91. The second-order valence-electron chi connectivity index (χ2n) is 2.81. The summed E-state index contributed by atoms with van der Waals surface area (Å²) in [5.41, 5.74) is 3.40. The molecule has 0 unspecified atom stereocenters. The number of nitrogens with zero attached hydrogens (tertiary/aromatic N) is 3. The summed E-state index contributed by atoms with van der Waals surface area (Å²) < 4.78 is 5.43. The summed E-state index contributed by atoms with van der Waals surface area (Å²) in [5.74, 6) is 0.416. The minimum Gasteiger partial charge on any atom is -0.444 e. The Hall–Kier alpha value is -2.37. The normalized spacial score (nSPS) is 9.12. The number of thiazole rings is 1. The predicted octanol–water partition coefficient (Wildman–Crippen LogP) is 2.48. The third kappa shape index (κ3) is 2.00. The predicted molar refractivity (Wildman–Crippen MR) is 56.9 cm³/mol. The molecule has 0 saturated heterocycles. The zero-order valence-electron chi connectivity index (χ0n) is 7.97. The van der Waals surface area contributed by atoms with E-state index in [4.69, 9.17) is 15.3 Å². The molecule has 0 atom stereocenters. The molecule has 1 radical (unpaired) electrons. The van der Waals surface area contributed by atoms with Crippen LogP contribution in [0.5, 0.6) is 10.8 Å². The Morgan fingerprint density at radius 3 is 2.81 bits per heavy atom. The Morgan fingerprint density at radius 2 is 2.19 bits per heavy atom. The van der Waals surface area contributed by atoms with E-state index in [1.807, 2.05) is 12.1 Å². The van der Waals surface area contributed by atoms with Crippen LogP contribution in [0.4, 0.5) is 0 Å². The molecule has 16 heavy (non-hydrogen) atoms. The standard InChI is InChI=1S/C11H4N3OS/c12-4-8-1-2-10(9(3-8)5-13)15-11-6-14-7-16-11/h1-3,6H. The van der Waals surface area contributed by atoms with Crippen molar-refractivity contribution in [3.05, 3.63) is 41.0 Å². The fraction of sp³-hybridized carbons (Fsp3) is 0. The van der Waals surface area contributed by atoms with Crippen LogP contribution in [0.1, 0.15) is 11.1 Å². The first-order valence-corrected chi connectivity index (χ1v) is 5.09. The average Bonchev–Trinajstić information content (AvgIpc) is 2.82. The van der Waals surface area contributed by atoms with E-state index in [2.05, 4.69) is 10.5 Å². The van der Waals surface area contributed by atoms with E-state index in [-0.39, 0.29) is 0 Å². The lowest BCUT2D eigenvalue weighted by Gasteiger charge is -2.03. The molecule has 5 heteroatoms. The molecular weight excluding hydrogens is 222 g/mol. The van der Waals surface area contributed by atoms with Crippen LogP contribution < -0.4 is 4.74 Å². The largest absolute Gasteiger partial charge is 0.444 e. The van der Waals surface area contributed by atoms with Crippen LogP contribution in [0.25, 0.3) is 0 Å². The average molecular weight is 226 g/mol. The number of hydrogen-bond donors (Lipinski definition) is 0. The Balaban J connectivity index is 2.36. The first-order valence-electron chi connectivity index (χ1n) is 4.27. The summed E-state index contributed by atoms with van der Waals surface area (Å²) in [6.07, 6.45) is 1.52. The first kappa shape index (κ1) is 10.2. The number of rotatable bonds is 2. The zero-order chi connectivity index (χ0) is 11.4. The summed E-state index contributed by atoms with van der Waals surface area (Å²) in [5, 5.41) is 18.2. The van der Waals surface area contributed by atoms with Crippen molar-refractivity contribution >= 4 is 11.3 Å². The van der Waals surface area contributed by atoms with E-state index in [9.17, 15) is 0 Å². The van der Waals surface area contributed by atoms with Gasteiger partial charge in [-0.05, 0) is 18.2 Å². The van der Waals surface area contributed by atoms with E-state index in [1.165, 1.54) is 23.6 Å². The van der Waals surface area contributed by atoms with Gasteiger partial charge in [0.2, 0.25) is 5.06 Å². The van der Waals surface area contributed by atoms with Gasteiger partial charge in [0.15, 0.2) is 5.51 Å². The maximum atomic E-state index is 8.91. The molecule has 0 aliphatic heterocycles. The van der Waals surface area contributed by atoms with Crippen molar-refractivity contribution in [1.29, 1.82) is 10.5 Å². The van der Waals surface area contributed by atoms with Crippen LogP contribution in [0.2, 0.25) is 0 Å². The number of hydrogen-bond acceptors (Lipinski definition) is 5. The fourth-order valence-electron chi connectivity index (χ4n) is 1.11. The van der Waals surface area contributed by atoms with Gasteiger partial charge in [0, 0.05) is 0 Å². The van der Waals surface area contributed by atoms with Crippen molar-refractivity contribution in [3.8, 4) is 23.0 Å². The van der Waals surface area contributed by atoms with Crippen LogP contribution in [0.3, 0.4) is 0 Å². The third-order valence-electron chi connectivity index (χ3n) is 1.81. The van der Waals surface area contributed by atoms with Crippen molar-refractivity contribution < 1.29 is 4.74 Å². The number of nitriles is 2. The molecule has 0 N–H and O–H groups in total. The molecule has 0 saturated carbocycles. The molecular formula is C11H4N3OS. The third-order valence-corrected chi connectivity index (χ3v) is 2.40. The van der Waals surface area contributed by atoms with Gasteiger partial charge >= 0.3 is 0 Å². The highest BCUT2D eigenvalue weighted by atomic mass is 32.1. The van der Waals surface area contributed by atoms with Gasteiger partial charge in [-0.3, -0.25) is 0 Å². The highest BCUT2D eigenvalue weighted by Gasteiger charge is 2.06. The highest BCUT2D eigenvalue weighted by Crippen LogP contribution is 2.27. The Morgan fingerprint density at radius 1 is 1.31 bits per heavy atom. The lowest BCUT2D eigenvalue weighted by Crippen LogP contribution is -1.87. The van der Waals surface area contributed by atoms with E-state index < -0.39 is 0 Å². The fourth-order valence-corrected chi connectivity index (χ4v) is 1.54. The van der Waals surface area contributed by atoms with E-state index >= 15 is 0 Å². The van der Waals surface area contributed by atoms with Crippen molar-refractivity contribution in [2.45, 2.75) is 0 Å². The zero-order valence-corrected chi connectivity index (χ0v) is 8.78. The smallest absolute Gasteiger partial charge is 0.201 e. The van der Waals surface area contributed by atoms with E-state index in [0.717, 1.165) is 0 Å². The lowest BCUT2D eigenvalue weighted by molar-refractivity contribution is 0.493. The summed E-state index contributed by atoms with van der Waals surface area (Å²) in [6, 6.07) is 8.62. The van der Waals surface area contributed by atoms with Gasteiger partial charge in [-0.2, -0.15) is 10.5 Å². The molecule has 4 nitrogen and oxygen atoms in total. The molecule has 0 fully saturated rings. The molecule has 2 aromatic rings. The molecule has 0 amide bonds. The van der Waals surface area contributed by atoms with Crippen LogP contribution in [-0.2, 0) is 0 Å². The van der Waals surface area contributed by atoms with Crippen molar-refractivity contribution in [3.63, 3.8) is 0 Å². The van der Waals surface area contributed by atoms with Gasteiger partial charge in [-0.25, -0.2) is 4.98 Å². The van der Waals surface area contributed by atoms with Crippen LogP contribution in [-0.4, -0.2) is 4.98 Å². The van der Waals surface area contributed by atoms with Gasteiger partial charge in [0.25, 0.3) is 0 Å². The maximum Gasteiger partial charge on any atom is 0.201 e. The van der Waals surface area contributed by atoms with Crippen LogP contribution >= 0.6 is 11.3 Å². The summed E-state index contributed by atoms with van der Waals surface area (Å²) in [7, 11) is 0. The number of benzene rings is 1. The van der Waals surface area contributed by atoms with Gasteiger partial charge in [0.1, 0.15) is 11.8 Å². The van der Waals surface area contributed by atoms with Crippen molar-refractivity contribution in [2.75, 3.05) is 0 Å². The highest BCUT2D eigenvalue weighted by molar-refractivity contribution is 7.11. The number of ether oxygens (including phenoxy) is 1. The molecule has 1 aromatic carbocycles. The monoisotopic (exact) mass is 226 g/mol. The minimum absolute atomic E-state index is 0.326. The minimum atomic E-state index is 0.326. The van der Waals surface area contributed by atoms with E-state index in [0.29, 0.717) is 21.9 Å². The molecule has 0 spiro atoms. The van der Waals surface area contributed by atoms with Gasteiger partial charge < -0.3 is 4.74 Å². The molecule has 1 heterocycles. The molecule has 75 valence electrons. The summed E-state index contributed by atoms with van der Waals surface area (Å²) in [6.45, 7) is 0. The second kappa shape index (κ2) is 4.43. The second-order valence-corrected chi connectivity index (χ2v) is 3.60. The van der Waals surface area contributed by atoms with Crippen molar-refractivity contribution in [2.24, 2.45) is 0 Å². The Bertz CT molecular complexity index is 578. The quantitative estimate of drug-likeness (QED) is 0.788. The van der Waals surface area contributed by atoms with Gasteiger partial charge in [0.05, 0.1) is 23.4 Å². The van der Waals surface area contributed by atoms with Gasteiger partial charge in [-0.15, -0.1) is 0 Å². The Kier molecular flexibility index (Phi) is 2.81. The molecule has 0 aliphatic rings.